The third-order valence-electron chi connectivity index (χ3n) is 1.76. The summed E-state index contributed by atoms with van der Waals surface area (Å²) >= 11 is 0. The molecule has 0 aromatic carbocycles. The van der Waals surface area contributed by atoms with Crippen LogP contribution >= 0.6 is 0 Å². The molecule has 6 nitrogen and oxygen atoms in total. The van der Waals surface area contributed by atoms with Crippen LogP contribution in [-0.4, -0.2) is 25.0 Å². The minimum Gasteiger partial charge on any atom is -0.435 e. The zero-order valence-corrected chi connectivity index (χ0v) is 10.8. The van der Waals surface area contributed by atoms with E-state index in [4.69, 9.17) is 9.29 Å². The van der Waals surface area contributed by atoms with E-state index in [0.717, 1.165) is 19.3 Å². The maximum atomic E-state index is 11.1. The van der Waals surface area contributed by atoms with Gasteiger partial charge in [0.2, 0.25) is 0 Å². The summed E-state index contributed by atoms with van der Waals surface area (Å²) < 4.78 is 37.9. The summed E-state index contributed by atoms with van der Waals surface area (Å²) in [6, 6.07) is 0. The number of allylic oxidation sites excluding steroid dienone is 1. The van der Waals surface area contributed by atoms with E-state index in [1.807, 2.05) is 6.92 Å². The molecule has 1 unspecified atom stereocenters. The molecule has 0 bridgehead atoms. The lowest BCUT2D eigenvalue weighted by molar-refractivity contribution is -0.139. The maximum Gasteiger partial charge on any atom is 0.397 e. The first-order chi connectivity index (χ1) is 7.85. The molecule has 1 atom stereocenters. The fourth-order valence-electron chi connectivity index (χ4n) is 1.04. The number of carbonyl (C=O) groups excluding carboxylic acids is 1. The predicted molar refractivity (Wildman–Crippen MR) is 61.5 cm³/mol. The summed E-state index contributed by atoms with van der Waals surface area (Å²) in [6.07, 6.45) is 4.67. The van der Waals surface area contributed by atoms with Crippen molar-refractivity contribution < 1.29 is 26.7 Å². The molecule has 0 rings (SSSR count). The molecule has 0 saturated carbocycles. The molecule has 0 amide bonds. The van der Waals surface area contributed by atoms with Gasteiger partial charge >= 0.3 is 16.4 Å². The second kappa shape index (κ2) is 8.21. The van der Waals surface area contributed by atoms with Crippen molar-refractivity contribution in [2.45, 2.75) is 45.6 Å². The van der Waals surface area contributed by atoms with Gasteiger partial charge in [0.05, 0.1) is 18.8 Å². The summed E-state index contributed by atoms with van der Waals surface area (Å²) in [4.78, 5) is 11.1. The monoisotopic (exact) mass is 266 g/mol. The molecule has 1 N–H and O–H groups in total. The molecule has 7 heteroatoms. The second-order valence-electron chi connectivity index (χ2n) is 3.54. The van der Waals surface area contributed by atoms with E-state index in [-0.39, 0.29) is 6.42 Å². The van der Waals surface area contributed by atoms with Gasteiger partial charge in [-0.25, -0.2) is 4.18 Å². The van der Waals surface area contributed by atoms with E-state index in [1.54, 1.807) is 6.08 Å². The van der Waals surface area contributed by atoms with Crippen LogP contribution in [-0.2, 0) is 24.1 Å². The van der Waals surface area contributed by atoms with Crippen LogP contribution in [0.5, 0.6) is 0 Å². The minimum absolute atomic E-state index is 0.252. The van der Waals surface area contributed by atoms with Gasteiger partial charge in [0.1, 0.15) is 0 Å². The van der Waals surface area contributed by atoms with Crippen molar-refractivity contribution >= 4 is 16.4 Å². The van der Waals surface area contributed by atoms with Crippen LogP contribution < -0.4 is 0 Å². The first-order valence-electron chi connectivity index (χ1n) is 5.35. The van der Waals surface area contributed by atoms with Crippen LogP contribution in [0.15, 0.2) is 12.3 Å². The topological polar surface area (TPSA) is 89.9 Å². The Morgan fingerprint density at radius 2 is 2.12 bits per heavy atom. The smallest absolute Gasteiger partial charge is 0.397 e. The molecular formula is C10H18O6S. The molecular weight excluding hydrogens is 248 g/mol. The first-order valence-corrected chi connectivity index (χ1v) is 6.72. The standard InChI is InChI=1S/C10H18O6S/c1-3-4-5-6-7-15-10(11)8-9(2)16-17(12,13)14/h6-7,9H,3-5,8H2,1-2H3,(H,12,13,14). The average molecular weight is 266 g/mol. The normalized spacial score (nSPS) is 13.8. The Bertz CT molecular complexity index is 346. The average Bonchev–Trinajstić information content (AvgIpc) is 2.14. The Balaban J connectivity index is 3.82. The Morgan fingerprint density at radius 1 is 1.47 bits per heavy atom. The number of unbranched alkanes of at least 4 members (excludes halogenated alkanes) is 2. The molecule has 100 valence electrons. The highest BCUT2D eigenvalue weighted by Gasteiger charge is 2.16. The van der Waals surface area contributed by atoms with Crippen molar-refractivity contribution in [1.82, 2.24) is 0 Å². The minimum atomic E-state index is -4.53. The fraction of sp³-hybridized carbons (Fsp3) is 0.700. The van der Waals surface area contributed by atoms with Crippen LogP contribution in [0.2, 0.25) is 0 Å². The molecule has 0 aliphatic rings. The van der Waals surface area contributed by atoms with E-state index < -0.39 is 22.5 Å². The molecule has 0 heterocycles. The highest BCUT2D eigenvalue weighted by atomic mass is 32.3. The van der Waals surface area contributed by atoms with Gasteiger partial charge in [-0.15, -0.1) is 0 Å². The number of carbonyl (C=O) groups is 1. The van der Waals surface area contributed by atoms with Crippen LogP contribution in [0.1, 0.15) is 39.5 Å². The van der Waals surface area contributed by atoms with Gasteiger partial charge in [-0.1, -0.05) is 13.3 Å². The predicted octanol–water partition coefficient (Wildman–Crippen LogP) is 1.83. The van der Waals surface area contributed by atoms with Crippen LogP contribution in [0.4, 0.5) is 0 Å². The van der Waals surface area contributed by atoms with Gasteiger partial charge in [-0.3, -0.25) is 9.35 Å². The molecule has 0 saturated heterocycles. The van der Waals surface area contributed by atoms with Crippen LogP contribution in [0.3, 0.4) is 0 Å². The zero-order chi connectivity index (χ0) is 13.3. The number of hydrogen-bond donors (Lipinski definition) is 1. The van der Waals surface area contributed by atoms with Crippen molar-refractivity contribution in [3.63, 3.8) is 0 Å². The Morgan fingerprint density at radius 3 is 2.65 bits per heavy atom. The van der Waals surface area contributed by atoms with Crippen molar-refractivity contribution in [2.24, 2.45) is 0 Å². The SMILES string of the molecule is CCCCC=COC(=O)CC(C)OS(=O)(=O)O. The van der Waals surface area contributed by atoms with Gasteiger partial charge in [-0.05, 0) is 25.8 Å². The van der Waals surface area contributed by atoms with Crippen molar-refractivity contribution in [3.05, 3.63) is 12.3 Å². The zero-order valence-electron chi connectivity index (χ0n) is 9.96. The molecule has 0 fully saturated rings. The van der Waals surface area contributed by atoms with E-state index in [0.29, 0.717) is 0 Å². The van der Waals surface area contributed by atoms with Crippen molar-refractivity contribution in [2.75, 3.05) is 0 Å². The summed E-state index contributed by atoms with van der Waals surface area (Å²) in [7, 11) is -4.53. The Hall–Kier alpha value is -0.920. The quantitative estimate of drug-likeness (QED) is 0.312. The lowest BCUT2D eigenvalue weighted by atomic mass is 10.2. The van der Waals surface area contributed by atoms with E-state index >= 15 is 0 Å². The van der Waals surface area contributed by atoms with Gasteiger partial charge in [0.25, 0.3) is 0 Å². The number of rotatable bonds is 8. The molecule has 0 spiro atoms. The summed E-state index contributed by atoms with van der Waals surface area (Å²) in [5.74, 6) is -0.617. The van der Waals surface area contributed by atoms with E-state index in [1.165, 1.54) is 13.2 Å². The summed E-state index contributed by atoms with van der Waals surface area (Å²) in [5, 5.41) is 0. The largest absolute Gasteiger partial charge is 0.435 e. The third-order valence-corrected chi connectivity index (χ3v) is 2.33. The van der Waals surface area contributed by atoms with Gasteiger partial charge < -0.3 is 4.74 Å². The molecule has 0 aliphatic heterocycles. The maximum absolute atomic E-state index is 11.1. The van der Waals surface area contributed by atoms with Crippen molar-refractivity contribution in [1.29, 1.82) is 0 Å². The van der Waals surface area contributed by atoms with Gasteiger partial charge in [-0.2, -0.15) is 8.42 Å². The molecule has 0 aromatic heterocycles. The summed E-state index contributed by atoms with van der Waals surface area (Å²) in [5.41, 5.74) is 0. The highest BCUT2D eigenvalue weighted by Crippen LogP contribution is 2.03. The first kappa shape index (κ1) is 16.1. The fourth-order valence-corrected chi connectivity index (χ4v) is 1.52. The molecule has 0 aliphatic carbocycles. The Kier molecular flexibility index (Phi) is 7.77. The third kappa shape index (κ3) is 11.3. The molecule has 17 heavy (non-hydrogen) atoms. The van der Waals surface area contributed by atoms with E-state index in [2.05, 4.69) is 4.18 Å². The van der Waals surface area contributed by atoms with E-state index in [9.17, 15) is 13.2 Å². The van der Waals surface area contributed by atoms with Gasteiger partial charge in [0.15, 0.2) is 0 Å². The molecule has 0 radical (unpaired) electrons. The highest BCUT2D eigenvalue weighted by molar-refractivity contribution is 7.80. The van der Waals surface area contributed by atoms with Crippen molar-refractivity contribution in [3.8, 4) is 0 Å². The molecule has 0 aromatic rings. The number of esters is 1. The lowest BCUT2D eigenvalue weighted by Crippen LogP contribution is -2.18. The number of hydrogen-bond acceptors (Lipinski definition) is 5. The lowest BCUT2D eigenvalue weighted by Gasteiger charge is -2.07. The second-order valence-corrected chi connectivity index (χ2v) is 4.59. The number of ether oxygens (including phenoxy) is 1. The van der Waals surface area contributed by atoms with Crippen LogP contribution in [0.25, 0.3) is 0 Å². The Labute approximate surface area is 102 Å². The van der Waals surface area contributed by atoms with Gasteiger partial charge in [0, 0.05) is 0 Å². The van der Waals surface area contributed by atoms with Crippen LogP contribution in [0, 0.1) is 0 Å². The summed E-state index contributed by atoms with van der Waals surface area (Å²) in [6.45, 7) is 3.39.